The molecule has 0 saturated heterocycles. The summed E-state index contributed by atoms with van der Waals surface area (Å²) in [6.45, 7) is 0. The number of hydrogen-bond acceptors (Lipinski definition) is 4. The Morgan fingerprint density at radius 1 is 1.42 bits per heavy atom. The zero-order chi connectivity index (χ0) is 8.97. The highest BCUT2D eigenvalue weighted by Crippen LogP contribution is 1.99. The molecule has 0 saturated carbocycles. The molecule has 0 spiro atoms. The number of nitrogens with zero attached hydrogens (tertiary/aromatic N) is 2. The van der Waals surface area contributed by atoms with E-state index in [4.69, 9.17) is 4.84 Å². The Morgan fingerprint density at radius 2 is 2.00 bits per heavy atom. The summed E-state index contributed by atoms with van der Waals surface area (Å²) in [5.41, 5.74) is 0.499. The lowest BCUT2D eigenvalue weighted by Gasteiger charge is -2.08. The number of carbonyl (C=O) groups is 1. The molecule has 0 fully saturated rings. The molecule has 1 rings (SSSR count). The van der Waals surface area contributed by atoms with Crippen molar-refractivity contribution in [3.63, 3.8) is 0 Å². The largest absolute Gasteiger partial charge is 0.364 e. The van der Waals surface area contributed by atoms with Crippen LogP contribution in [-0.2, 0) is 4.84 Å². The Kier molecular flexibility index (Phi) is 2.76. The van der Waals surface area contributed by atoms with Gasteiger partial charge < -0.3 is 4.84 Å². The molecule has 0 unspecified atom stereocenters. The van der Waals surface area contributed by atoms with Crippen LogP contribution in [0.1, 0.15) is 10.4 Å². The van der Waals surface area contributed by atoms with E-state index in [-0.39, 0.29) is 5.97 Å². The molecule has 0 aromatic carbocycles. The van der Waals surface area contributed by atoms with Crippen LogP contribution in [0.3, 0.4) is 0 Å². The predicted molar refractivity (Wildman–Crippen MR) is 43.3 cm³/mol. The van der Waals surface area contributed by atoms with Crippen LogP contribution in [0.15, 0.2) is 24.5 Å². The lowest BCUT2D eigenvalue weighted by molar-refractivity contribution is -0.0713. The Bertz CT molecular complexity index is 259. The molecule has 0 amide bonds. The van der Waals surface area contributed by atoms with Gasteiger partial charge in [0.2, 0.25) is 0 Å². The average molecular weight is 166 g/mol. The smallest absolute Gasteiger partial charge is 0.357 e. The predicted octanol–water partition coefficient (Wildman–Crippen LogP) is 0.715. The summed E-state index contributed by atoms with van der Waals surface area (Å²) in [7, 11) is 3.30. The van der Waals surface area contributed by atoms with Gasteiger partial charge in [0, 0.05) is 26.5 Å². The Balaban J connectivity index is 2.66. The normalized spacial score (nSPS) is 9.92. The molecule has 0 radical (unpaired) electrons. The fourth-order valence-electron chi connectivity index (χ4n) is 0.707. The van der Waals surface area contributed by atoms with Gasteiger partial charge in [0.25, 0.3) is 0 Å². The number of hydroxylamine groups is 2. The summed E-state index contributed by atoms with van der Waals surface area (Å²) < 4.78 is 0. The van der Waals surface area contributed by atoms with Crippen LogP contribution in [0, 0.1) is 0 Å². The van der Waals surface area contributed by atoms with Crippen molar-refractivity contribution in [1.82, 2.24) is 10.0 Å². The van der Waals surface area contributed by atoms with Gasteiger partial charge in [-0.3, -0.25) is 4.98 Å². The molecule has 12 heavy (non-hydrogen) atoms. The van der Waals surface area contributed by atoms with Gasteiger partial charge in [0.15, 0.2) is 0 Å². The first-order chi connectivity index (χ1) is 5.70. The van der Waals surface area contributed by atoms with E-state index < -0.39 is 0 Å². The molecule has 1 heterocycles. The van der Waals surface area contributed by atoms with Crippen molar-refractivity contribution in [2.75, 3.05) is 14.1 Å². The highest BCUT2D eigenvalue weighted by atomic mass is 16.7. The molecule has 0 aliphatic heterocycles. The third-order valence-electron chi connectivity index (χ3n) is 1.18. The van der Waals surface area contributed by atoms with E-state index >= 15 is 0 Å². The third-order valence-corrected chi connectivity index (χ3v) is 1.18. The van der Waals surface area contributed by atoms with Gasteiger partial charge in [0.1, 0.15) is 0 Å². The second-order valence-electron chi connectivity index (χ2n) is 2.43. The molecule has 0 bridgehead atoms. The van der Waals surface area contributed by atoms with Gasteiger partial charge in [-0.2, -0.15) is 0 Å². The van der Waals surface area contributed by atoms with E-state index in [0.29, 0.717) is 5.56 Å². The van der Waals surface area contributed by atoms with E-state index in [1.807, 2.05) is 0 Å². The number of rotatable bonds is 2. The van der Waals surface area contributed by atoms with Crippen LogP contribution >= 0.6 is 0 Å². The molecular formula is C8H10N2O2. The summed E-state index contributed by atoms with van der Waals surface area (Å²) in [4.78, 5) is 19.8. The number of hydrogen-bond donors (Lipinski definition) is 0. The van der Waals surface area contributed by atoms with Crippen molar-refractivity contribution >= 4 is 5.97 Å². The summed E-state index contributed by atoms with van der Waals surface area (Å²) in [5.74, 6) is -0.373. The third kappa shape index (κ3) is 2.32. The van der Waals surface area contributed by atoms with Gasteiger partial charge >= 0.3 is 5.97 Å². The lowest BCUT2D eigenvalue weighted by Crippen LogP contribution is -2.18. The van der Waals surface area contributed by atoms with Gasteiger partial charge in [-0.05, 0) is 12.1 Å². The van der Waals surface area contributed by atoms with Crippen molar-refractivity contribution in [3.05, 3.63) is 30.1 Å². The second-order valence-corrected chi connectivity index (χ2v) is 2.43. The second kappa shape index (κ2) is 3.82. The zero-order valence-electron chi connectivity index (χ0n) is 7.02. The standard InChI is InChI=1S/C8H10N2O2/c1-10(2)12-8(11)7-3-5-9-6-4-7/h3-6H,1-2H3. The molecule has 4 heteroatoms. The molecule has 64 valence electrons. The van der Waals surface area contributed by atoms with E-state index in [1.165, 1.54) is 5.06 Å². The number of pyridine rings is 1. The Hall–Kier alpha value is -1.42. The molecular weight excluding hydrogens is 156 g/mol. The quantitative estimate of drug-likeness (QED) is 0.607. The Morgan fingerprint density at radius 3 is 2.50 bits per heavy atom. The van der Waals surface area contributed by atoms with Crippen LogP contribution in [0.5, 0.6) is 0 Å². The van der Waals surface area contributed by atoms with E-state index in [2.05, 4.69) is 4.98 Å². The summed E-state index contributed by atoms with van der Waals surface area (Å²) in [5, 5.41) is 1.35. The van der Waals surface area contributed by atoms with Crippen LogP contribution in [0.25, 0.3) is 0 Å². The molecule has 0 aliphatic rings. The fourth-order valence-corrected chi connectivity index (χ4v) is 0.707. The van der Waals surface area contributed by atoms with Crippen LogP contribution in [0.4, 0.5) is 0 Å². The van der Waals surface area contributed by atoms with Gasteiger partial charge in [-0.15, -0.1) is 5.06 Å². The van der Waals surface area contributed by atoms with E-state index in [0.717, 1.165) is 0 Å². The van der Waals surface area contributed by atoms with Crippen LogP contribution < -0.4 is 0 Å². The maximum absolute atomic E-state index is 11.2. The minimum absolute atomic E-state index is 0.373. The van der Waals surface area contributed by atoms with E-state index in [9.17, 15) is 4.79 Å². The minimum Gasteiger partial charge on any atom is -0.364 e. The molecule has 0 aliphatic carbocycles. The van der Waals surface area contributed by atoms with Crippen molar-refractivity contribution in [3.8, 4) is 0 Å². The summed E-state index contributed by atoms with van der Waals surface area (Å²) in [6.07, 6.45) is 3.10. The van der Waals surface area contributed by atoms with Crippen molar-refractivity contribution < 1.29 is 9.63 Å². The number of aromatic nitrogens is 1. The summed E-state index contributed by atoms with van der Waals surface area (Å²) in [6, 6.07) is 3.21. The highest BCUT2D eigenvalue weighted by molar-refractivity contribution is 5.88. The molecule has 4 nitrogen and oxygen atoms in total. The van der Waals surface area contributed by atoms with Crippen LogP contribution in [-0.4, -0.2) is 30.1 Å². The zero-order valence-corrected chi connectivity index (χ0v) is 7.02. The molecule has 1 aromatic heterocycles. The average Bonchev–Trinajstić information content (AvgIpc) is 2.05. The van der Waals surface area contributed by atoms with Crippen molar-refractivity contribution in [2.24, 2.45) is 0 Å². The first kappa shape index (κ1) is 8.67. The van der Waals surface area contributed by atoms with Gasteiger partial charge in [0.05, 0.1) is 5.56 Å². The first-order valence-electron chi connectivity index (χ1n) is 3.50. The molecule has 0 N–H and O–H groups in total. The highest BCUT2D eigenvalue weighted by Gasteiger charge is 2.06. The molecule has 0 atom stereocenters. The molecule has 1 aromatic rings. The SMILES string of the molecule is CN(C)OC(=O)c1ccncc1. The van der Waals surface area contributed by atoms with Gasteiger partial charge in [-0.25, -0.2) is 4.79 Å². The van der Waals surface area contributed by atoms with Crippen molar-refractivity contribution in [2.45, 2.75) is 0 Å². The number of carbonyl (C=O) groups excluding carboxylic acids is 1. The van der Waals surface area contributed by atoms with E-state index in [1.54, 1.807) is 38.6 Å². The Labute approximate surface area is 70.7 Å². The monoisotopic (exact) mass is 166 g/mol. The van der Waals surface area contributed by atoms with Crippen molar-refractivity contribution in [1.29, 1.82) is 0 Å². The maximum atomic E-state index is 11.2. The fraction of sp³-hybridized carbons (Fsp3) is 0.250. The topological polar surface area (TPSA) is 42.4 Å². The maximum Gasteiger partial charge on any atom is 0.357 e. The van der Waals surface area contributed by atoms with Gasteiger partial charge in [-0.1, -0.05) is 0 Å². The first-order valence-corrected chi connectivity index (χ1v) is 3.50. The summed E-state index contributed by atoms with van der Waals surface area (Å²) >= 11 is 0. The minimum atomic E-state index is -0.373. The van der Waals surface area contributed by atoms with Crippen LogP contribution in [0.2, 0.25) is 0 Å². The lowest BCUT2D eigenvalue weighted by atomic mass is 10.3.